The highest BCUT2D eigenvalue weighted by molar-refractivity contribution is 14.0. The molecule has 7 nitrogen and oxygen atoms in total. The number of nitrogens with one attached hydrogen (secondary N) is 2. The molecule has 1 aliphatic heterocycles. The maximum Gasteiger partial charge on any atom is 0.435 e. The molecule has 12 heteroatoms. The van der Waals surface area contributed by atoms with Gasteiger partial charge in [-0.05, 0) is 25.5 Å². The highest BCUT2D eigenvalue weighted by atomic mass is 127. The molecular formula is C18H24F4IN7. The molecule has 1 unspecified atom stereocenters. The topological polar surface area (TPSA) is 70.4 Å². The van der Waals surface area contributed by atoms with E-state index in [-0.39, 0.29) is 47.9 Å². The van der Waals surface area contributed by atoms with Crippen LogP contribution in [0, 0.1) is 5.82 Å². The van der Waals surface area contributed by atoms with Crippen LogP contribution in [0.5, 0.6) is 0 Å². The van der Waals surface area contributed by atoms with Crippen molar-refractivity contribution in [1.82, 2.24) is 25.4 Å². The Morgan fingerprint density at radius 1 is 1.37 bits per heavy atom. The Morgan fingerprint density at radius 2 is 2.13 bits per heavy atom. The van der Waals surface area contributed by atoms with Crippen LogP contribution in [-0.2, 0) is 19.8 Å². The number of anilines is 1. The van der Waals surface area contributed by atoms with Gasteiger partial charge in [0.15, 0.2) is 23.3 Å². The van der Waals surface area contributed by atoms with Crippen LogP contribution in [0.2, 0.25) is 0 Å². The van der Waals surface area contributed by atoms with Crippen LogP contribution in [0.4, 0.5) is 23.4 Å². The molecule has 1 atom stereocenters. The molecule has 0 aromatic carbocycles. The average Bonchev–Trinajstić information content (AvgIpc) is 3.26. The van der Waals surface area contributed by atoms with Crippen LogP contribution in [0.15, 0.2) is 29.5 Å². The van der Waals surface area contributed by atoms with Crippen LogP contribution in [0.1, 0.15) is 24.6 Å². The number of pyridine rings is 1. The second-order valence-corrected chi connectivity index (χ2v) is 6.75. The molecule has 1 saturated heterocycles. The Hall–Kier alpha value is -2.12. The zero-order valence-electron chi connectivity index (χ0n) is 16.6. The molecule has 1 aliphatic rings. The third kappa shape index (κ3) is 5.95. The van der Waals surface area contributed by atoms with Crippen LogP contribution in [0.3, 0.4) is 0 Å². The fraction of sp³-hybridized carbons (Fsp3) is 0.500. The number of halogens is 5. The van der Waals surface area contributed by atoms with Crippen molar-refractivity contribution in [2.45, 2.75) is 32.1 Å². The van der Waals surface area contributed by atoms with Crippen molar-refractivity contribution in [1.29, 1.82) is 0 Å². The normalized spacial score (nSPS) is 17.1. The Kier molecular flexibility index (Phi) is 8.26. The minimum atomic E-state index is -4.53. The van der Waals surface area contributed by atoms with Gasteiger partial charge in [-0.25, -0.2) is 14.4 Å². The third-order valence-electron chi connectivity index (χ3n) is 4.49. The predicted octanol–water partition coefficient (Wildman–Crippen LogP) is 2.93. The Balaban J connectivity index is 0.00000320. The molecule has 2 aromatic rings. The summed E-state index contributed by atoms with van der Waals surface area (Å²) in [6, 6.07) is 2.86. The predicted molar refractivity (Wildman–Crippen MR) is 116 cm³/mol. The summed E-state index contributed by atoms with van der Waals surface area (Å²) in [6.45, 7) is 3.39. The van der Waals surface area contributed by atoms with E-state index in [1.54, 1.807) is 0 Å². The van der Waals surface area contributed by atoms with Crippen molar-refractivity contribution < 1.29 is 17.6 Å². The van der Waals surface area contributed by atoms with E-state index in [1.165, 1.54) is 31.6 Å². The lowest BCUT2D eigenvalue weighted by Crippen LogP contribution is -2.44. The quantitative estimate of drug-likeness (QED) is 0.264. The van der Waals surface area contributed by atoms with E-state index in [1.807, 2.05) is 11.8 Å². The average molecular weight is 541 g/mol. The smallest absolute Gasteiger partial charge is 0.357 e. The zero-order chi connectivity index (χ0) is 21.0. The molecule has 3 heterocycles. The van der Waals surface area contributed by atoms with Crippen molar-refractivity contribution in [3.63, 3.8) is 0 Å². The SMILES string of the molecule is CCNC(=NCc1cn(C)nc1C(F)(F)F)NC1CCN(c2ncccc2F)C1.I. The van der Waals surface area contributed by atoms with E-state index < -0.39 is 11.9 Å². The van der Waals surface area contributed by atoms with Gasteiger partial charge in [0.05, 0.1) is 6.54 Å². The summed E-state index contributed by atoms with van der Waals surface area (Å²) in [5, 5.41) is 9.74. The summed E-state index contributed by atoms with van der Waals surface area (Å²) in [6.07, 6.45) is -0.953. The molecule has 2 N–H and O–H groups in total. The third-order valence-corrected chi connectivity index (χ3v) is 4.49. The van der Waals surface area contributed by atoms with E-state index in [2.05, 4.69) is 25.7 Å². The minimum Gasteiger partial charge on any atom is -0.357 e. The summed E-state index contributed by atoms with van der Waals surface area (Å²) < 4.78 is 54.4. The summed E-state index contributed by atoms with van der Waals surface area (Å²) >= 11 is 0. The minimum absolute atomic E-state index is 0. The number of hydrogen-bond donors (Lipinski definition) is 2. The standard InChI is InChI=1S/C18H23F4N7.HI/c1-3-23-17(25-9-12-10-28(2)27-15(12)18(20,21)22)26-13-6-8-29(11-13)16-14(19)5-4-7-24-16;/h4-5,7,10,13H,3,6,8-9,11H2,1-2H3,(H2,23,25,26);1H. The van der Waals surface area contributed by atoms with Crippen molar-refractivity contribution in [3.05, 3.63) is 41.6 Å². The summed E-state index contributed by atoms with van der Waals surface area (Å²) in [7, 11) is 1.44. The summed E-state index contributed by atoms with van der Waals surface area (Å²) in [5.41, 5.74) is -0.932. The number of aliphatic imine (C=N–C) groups is 1. The molecule has 0 bridgehead atoms. The van der Waals surface area contributed by atoms with Gasteiger partial charge in [0.25, 0.3) is 0 Å². The highest BCUT2D eigenvalue weighted by Gasteiger charge is 2.36. The number of aryl methyl sites for hydroxylation is 1. The molecule has 2 aromatic heterocycles. The number of hydrogen-bond acceptors (Lipinski definition) is 4. The molecule has 0 radical (unpaired) electrons. The monoisotopic (exact) mass is 541 g/mol. The number of aromatic nitrogens is 3. The van der Waals surface area contributed by atoms with Crippen molar-refractivity contribution in [2.75, 3.05) is 24.5 Å². The van der Waals surface area contributed by atoms with Crippen LogP contribution in [0.25, 0.3) is 0 Å². The fourth-order valence-electron chi connectivity index (χ4n) is 3.25. The lowest BCUT2D eigenvalue weighted by atomic mass is 10.2. The molecule has 1 fully saturated rings. The lowest BCUT2D eigenvalue weighted by Gasteiger charge is -2.20. The molecule has 0 aliphatic carbocycles. The van der Waals surface area contributed by atoms with E-state index in [9.17, 15) is 17.6 Å². The zero-order valence-corrected chi connectivity index (χ0v) is 18.9. The number of guanidine groups is 1. The Bertz CT molecular complexity index is 868. The van der Waals surface area contributed by atoms with Crippen LogP contribution < -0.4 is 15.5 Å². The van der Waals surface area contributed by atoms with Gasteiger partial charge < -0.3 is 15.5 Å². The second-order valence-electron chi connectivity index (χ2n) is 6.75. The van der Waals surface area contributed by atoms with Gasteiger partial charge >= 0.3 is 6.18 Å². The van der Waals surface area contributed by atoms with Crippen LogP contribution >= 0.6 is 24.0 Å². The first kappa shape index (κ1) is 24.2. The molecular weight excluding hydrogens is 517 g/mol. The van der Waals surface area contributed by atoms with Gasteiger partial charge in [0.2, 0.25) is 0 Å². The molecule has 0 spiro atoms. The van der Waals surface area contributed by atoms with Gasteiger partial charge in [-0.1, -0.05) is 0 Å². The van der Waals surface area contributed by atoms with Gasteiger partial charge in [0.1, 0.15) is 0 Å². The Morgan fingerprint density at radius 3 is 2.80 bits per heavy atom. The van der Waals surface area contributed by atoms with Crippen molar-refractivity contribution in [3.8, 4) is 0 Å². The van der Waals surface area contributed by atoms with Gasteiger partial charge in [-0.15, -0.1) is 24.0 Å². The van der Waals surface area contributed by atoms with Crippen molar-refractivity contribution in [2.24, 2.45) is 12.0 Å². The van der Waals surface area contributed by atoms with Gasteiger partial charge in [-0.2, -0.15) is 18.3 Å². The van der Waals surface area contributed by atoms with Gasteiger partial charge in [-0.3, -0.25) is 4.68 Å². The van der Waals surface area contributed by atoms with E-state index in [0.29, 0.717) is 31.4 Å². The van der Waals surface area contributed by atoms with E-state index >= 15 is 0 Å². The van der Waals surface area contributed by atoms with E-state index in [0.717, 1.165) is 11.1 Å². The lowest BCUT2D eigenvalue weighted by molar-refractivity contribution is -0.142. The first-order chi connectivity index (χ1) is 13.8. The second kappa shape index (κ2) is 10.3. The Labute approximate surface area is 189 Å². The number of rotatable bonds is 5. The highest BCUT2D eigenvalue weighted by Crippen LogP contribution is 2.30. The van der Waals surface area contributed by atoms with Crippen LogP contribution in [-0.4, -0.2) is 46.4 Å². The maximum absolute atomic E-state index is 13.9. The molecule has 166 valence electrons. The summed E-state index contributed by atoms with van der Waals surface area (Å²) in [5.74, 6) is 0.312. The van der Waals surface area contributed by atoms with E-state index in [4.69, 9.17) is 0 Å². The molecule has 30 heavy (non-hydrogen) atoms. The number of nitrogens with zero attached hydrogens (tertiary/aromatic N) is 5. The maximum atomic E-state index is 13.9. The fourth-order valence-corrected chi connectivity index (χ4v) is 3.25. The largest absolute Gasteiger partial charge is 0.435 e. The van der Waals surface area contributed by atoms with Gasteiger partial charge in [0, 0.05) is 50.7 Å². The first-order valence-corrected chi connectivity index (χ1v) is 9.28. The number of alkyl halides is 3. The van der Waals surface area contributed by atoms with Crippen molar-refractivity contribution >= 4 is 35.8 Å². The molecule has 0 amide bonds. The first-order valence-electron chi connectivity index (χ1n) is 9.28. The molecule has 3 rings (SSSR count). The molecule has 0 saturated carbocycles. The summed E-state index contributed by atoms with van der Waals surface area (Å²) in [4.78, 5) is 10.2.